The zero-order chi connectivity index (χ0) is 14.6. The molecule has 0 heterocycles. The summed E-state index contributed by atoms with van der Waals surface area (Å²) in [6.07, 6.45) is 2.97. The van der Waals surface area contributed by atoms with E-state index in [4.69, 9.17) is 15.8 Å². The van der Waals surface area contributed by atoms with Crippen LogP contribution >= 0.6 is 0 Å². The van der Waals surface area contributed by atoms with Crippen molar-refractivity contribution >= 4 is 13.1 Å². The van der Waals surface area contributed by atoms with Crippen LogP contribution in [0.1, 0.15) is 25.7 Å². The van der Waals surface area contributed by atoms with E-state index in [2.05, 4.69) is 0 Å². The monoisotopic (exact) mass is 272 g/mol. The Hall–Kier alpha value is -0.625. The van der Waals surface area contributed by atoms with E-state index in [-0.39, 0.29) is 18.2 Å². The number of carbonyl (C=O) groups is 1. The maximum Gasteiger partial charge on any atom is 0.451 e. The fraction of sp³-hybridized carbons (Fsp3) is 0.917. The fourth-order valence-corrected chi connectivity index (χ4v) is 3.03. The van der Waals surface area contributed by atoms with Gasteiger partial charge in [-0.15, -0.1) is 0 Å². The van der Waals surface area contributed by atoms with Crippen LogP contribution < -0.4 is 5.73 Å². The van der Waals surface area contributed by atoms with Crippen LogP contribution in [0.2, 0.25) is 6.32 Å². The van der Waals surface area contributed by atoms with Gasteiger partial charge in [0.05, 0.1) is 0 Å². The zero-order valence-corrected chi connectivity index (χ0v) is 11.7. The first-order valence-electron chi connectivity index (χ1n) is 6.79. The fourth-order valence-electron chi connectivity index (χ4n) is 3.03. The van der Waals surface area contributed by atoms with E-state index in [1.54, 1.807) is 0 Å². The Morgan fingerprint density at radius 2 is 2.05 bits per heavy atom. The summed E-state index contributed by atoms with van der Waals surface area (Å²) in [4.78, 5) is 13.5. The maximum absolute atomic E-state index is 11.5. The molecule has 0 aromatic rings. The molecule has 0 aromatic carbocycles. The van der Waals surface area contributed by atoms with Crippen molar-refractivity contribution in [2.75, 3.05) is 20.6 Å². The van der Waals surface area contributed by atoms with Gasteiger partial charge in [-0.1, -0.05) is 6.42 Å². The summed E-state index contributed by atoms with van der Waals surface area (Å²) in [5.41, 5.74) is 4.94. The molecule has 0 saturated heterocycles. The lowest BCUT2D eigenvalue weighted by atomic mass is 9.66. The quantitative estimate of drug-likeness (QED) is 0.490. The van der Waals surface area contributed by atoms with E-state index in [1.165, 1.54) is 0 Å². The molecule has 1 saturated carbocycles. The molecule has 0 aromatic heterocycles. The zero-order valence-electron chi connectivity index (χ0n) is 11.7. The molecule has 3 atom stereocenters. The van der Waals surface area contributed by atoms with E-state index in [9.17, 15) is 9.90 Å². The molecule has 7 heteroatoms. The van der Waals surface area contributed by atoms with Crippen LogP contribution in [-0.2, 0) is 4.79 Å². The lowest BCUT2D eigenvalue weighted by molar-refractivity contribution is -0.148. The van der Waals surface area contributed by atoms with Crippen molar-refractivity contribution in [3.8, 4) is 0 Å². The molecule has 0 aliphatic heterocycles. The molecule has 110 valence electrons. The molecule has 0 amide bonds. The Balaban J connectivity index is 2.69. The largest absolute Gasteiger partial charge is 0.480 e. The second kappa shape index (κ2) is 6.70. The molecular weight excluding hydrogens is 247 g/mol. The highest BCUT2D eigenvalue weighted by molar-refractivity contribution is 6.40. The highest BCUT2D eigenvalue weighted by Gasteiger charge is 2.46. The summed E-state index contributed by atoms with van der Waals surface area (Å²) in [5.74, 6) is -0.856. The summed E-state index contributed by atoms with van der Waals surface area (Å²) in [7, 11) is 2.50. The predicted octanol–water partition coefficient (Wildman–Crippen LogP) is -0.391. The first-order chi connectivity index (χ1) is 8.75. The second-order valence-electron chi connectivity index (χ2n) is 6.01. The Kier molecular flexibility index (Phi) is 5.79. The second-order valence-corrected chi connectivity index (χ2v) is 6.01. The summed E-state index contributed by atoms with van der Waals surface area (Å²) in [5, 5.41) is 27.2. The average molecular weight is 272 g/mol. The molecular formula is C12H25BN2O4. The molecule has 0 bridgehead atoms. The van der Waals surface area contributed by atoms with Gasteiger partial charge in [0.15, 0.2) is 0 Å². The number of carboxylic acid groups (broad SMARTS) is 1. The molecule has 1 unspecified atom stereocenters. The van der Waals surface area contributed by atoms with Gasteiger partial charge < -0.3 is 25.8 Å². The van der Waals surface area contributed by atoms with Crippen LogP contribution in [0.4, 0.5) is 0 Å². The SMILES string of the molecule is CN(C)CC1CC[C@@H](CCB(O)O)C[C@]1(N)C(=O)O. The minimum atomic E-state index is -1.32. The van der Waals surface area contributed by atoms with Crippen LogP contribution in [0.15, 0.2) is 0 Å². The van der Waals surface area contributed by atoms with Gasteiger partial charge in [0.25, 0.3) is 0 Å². The third-order valence-corrected chi connectivity index (χ3v) is 4.10. The van der Waals surface area contributed by atoms with Crippen LogP contribution in [0.5, 0.6) is 0 Å². The van der Waals surface area contributed by atoms with Crippen LogP contribution in [0, 0.1) is 11.8 Å². The molecule has 0 radical (unpaired) electrons. The molecule has 1 fully saturated rings. The Morgan fingerprint density at radius 3 is 2.53 bits per heavy atom. The van der Waals surface area contributed by atoms with Crippen molar-refractivity contribution in [3.63, 3.8) is 0 Å². The molecule has 19 heavy (non-hydrogen) atoms. The summed E-state index contributed by atoms with van der Waals surface area (Å²) >= 11 is 0. The van der Waals surface area contributed by atoms with E-state index in [1.807, 2.05) is 19.0 Å². The first-order valence-corrected chi connectivity index (χ1v) is 6.79. The normalized spacial score (nSPS) is 31.5. The third-order valence-electron chi connectivity index (χ3n) is 4.10. The summed E-state index contributed by atoms with van der Waals surface area (Å²) in [6, 6.07) is 0. The van der Waals surface area contributed by atoms with Gasteiger partial charge in [-0.05, 0) is 45.6 Å². The van der Waals surface area contributed by atoms with Crippen LogP contribution in [-0.4, -0.2) is 59.3 Å². The van der Waals surface area contributed by atoms with E-state index in [0.717, 1.165) is 12.8 Å². The highest BCUT2D eigenvalue weighted by atomic mass is 16.4. The minimum Gasteiger partial charge on any atom is -0.480 e. The number of rotatable bonds is 6. The number of hydrogen-bond donors (Lipinski definition) is 4. The van der Waals surface area contributed by atoms with Crippen LogP contribution in [0.25, 0.3) is 0 Å². The molecule has 1 aliphatic carbocycles. The van der Waals surface area contributed by atoms with Crippen molar-refractivity contribution in [1.29, 1.82) is 0 Å². The maximum atomic E-state index is 11.5. The smallest absolute Gasteiger partial charge is 0.451 e. The van der Waals surface area contributed by atoms with Crippen molar-refractivity contribution in [2.45, 2.75) is 37.5 Å². The standard InChI is InChI=1S/C12H25BN2O4/c1-15(2)8-10-4-3-9(5-6-13(18)19)7-12(10,14)11(16)17/h9-10,18-19H,3-8,14H2,1-2H3,(H,16,17)/t9-,10?,12+/m0/s1. The number of nitrogens with zero attached hydrogens (tertiary/aromatic N) is 1. The Labute approximate surface area is 114 Å². The number of carboxylic acids is 1. The van der Waals surface area contributed by atoms with E-state index in [0.29, 0.717) is 19.4 Å². The predicted molar refractivity (Wildman–Crippen MR) is 73.6 cm³/mol. The van der Waals surface area contributed by atoms with Gasteiger partial charge in [0.2, 0.25) is 0 Å². The van der Waals surface area contributed by atoms with Crippen molar-refractivity contribution in [2.24, 2.45) is 17.6 Å². The molecule has 5 N–H and O–H groups in total. The van der Waals surface area contributed by atoms with Crippen molar-refractivity contribution in [3.05, 3.63) is 0 Å². The van der Waals surface area contributed by atoms with Crippen molar-refractivity contribution in [1.82, 2.24) is 4.90 Å². The third kappa shape index (κ3) is 4.45. The van der Waals surface area contributed by atoms with E-state index >= 15 is 0 Å². The topological polar surface area (TPSA) is 107 Å². The minimum absolute atomic E-state index is 0.0599. The van der Waals surface area contributed by atoms with Gasteiger partial charge in [-0.25, -0.2) is 0 Å². The molecule has 1 rings (SSSR count). The lowest BCUT2D eigenvalue weighted by Gasteiger charge is -2.42. The van der Waals surface area contributed by atoms with Gasteiger partial charge in [0.1, 0.15) is 5.54 Å². The highest BCUT2D eigenvalue weighted by Crippen LogP contribution is 2.38. The Morgan fingerprint density at radius 1 is 1.42 bits per heavy atom. The van der Waals surface area contributed by atoms with Gasteiger partial charge in [0, 0.05) is 12.5 Å². The molecule has 0 spiro atoms. The first kappa shape index (κ1) is 16.4. The average Bonchev–Trinajstić information content (AvgIpc) is 2.29. The summed E-state index contributed by atoms with van der Waals surface area (Å²) in [6.45, 7) is 0.665. The number of nitrogens with two attached hydrogens (primary N) is 1. The van der Waals surface area contributed by atoms with E-state index < -0.39 is 18.6 Å². The van der Waals surface area contributed by atoms with Gasteiger partial charge in [-0.3, -0.25) is 4.79 Å². The number of hydrogen-bond acceptors (Lipinski definition) is 5. The Bertz CT molecular complexity index is 314. The summed E-state index contributed by atoms with van der Waals surface area (Å²) < 4.78 is 0. The molecule has 1 aliphatic rings. The van der Waals surface area contributed by atoms with Gasteiger partial charge in [-0.2, -0.15) is 0 Å². The van der Waals surface area contributed by atoms with Gasteiger partial charge >= 0.3 is 13.1 Å². The number of aliphatic carboxylic acids is 1. The lowest BCUT2D eigenvalue weighted by Crippen LogP contribution is -2.59. The van der Waals surface area contributed by atoms with Crippen molar-refractivity contribution < 1.29 is 19.9 Å². The molecule has 6 nitrogen and oxygen atoms in total. The van der Waals surface area contributed by atoms with Crippen LogP contribution in [0.3, 0.4) is 0 Å².